The number of ether oxygens (including phenoxy) is 2. The Bertz CT molecular complexity index is 292. The van der Waals surface area contributed by atoms with Crippen LogP contribution in [0.15, 0.2) is 0 Å². The molecular weight excluding hydrogens is 227 g/mol. The molecule has 0 atom stereocenters. The van der Waals surface area contributed by atoms with Crippen molar-refractivity contribution < 1.29 is 61.6 Å². The summed E-state index contributed by atoms with van der Waals surface area (Å²) >= 11 is 0. The Morgan fingerprint density at radius 2 is 1.43 bits per heavy atom. The van der Waals surface area contributed by atoms with Crippen LogP contribution in [0.1, 0.15) is 0 Å². The van der Waals surface area contributed by atoms with Crippen molar-refractivity contribution in [3.63, 3.8) is 0 Å². The Morgan fingerprint density at radius 3 is 1.57 bits per heavy atom. The van der Waals surface area contributed by atoms with E-state index in [2.05, 4.69) is 9.47 Å². The number of carbonyl (C=O) groups excluding carboxylic acids is 2. The van der Waals surface area contributed by atoms with E-state index in [1.54, 1.807) is 0 Å². The number of rotatable bonds is 3. The van der Waals surface area contributed by atoms with Gasteiger partial charge in [-0.15, -0.1) is 0 Å². The van der Waals surface area contributed by atoms with Crippen molar-refractivity contribution in [1.82, 2.24) is 0 Å². The third-order valence-corrected chi connectivity index (χ3v) is 2.08. The Kier molecular flexibility index (Phi) is 7.39. The Morgan fingerprint density at radius 1 is 1.14 bits per heavy atom. The predicted molar refractivity (Wildman–Crippen MR) is 37.5 cm³/mol. The van der Waals surface area contributed by atoms with Crippen molar-refractivity contribution in [2.24, 2.45) is 0 Å². The Balaban J connectivity index is 0. The fraction of sp³-hybridized carbons (Fsp3) is 0.600. The van der Waals surface area contributed by atoms with Gasteiger partial charge in [-0.2, -0.15) is 0 Å². The zero-order valence-corrected chi connectivity index (χ0v) is 10.7. The fourth-order valence-corrected chi connectivity index (χ4v) is 1.21. The van der Waals surface area contributed by atoms with Gasteiger partial charge in [-0.1, -0.05) is 0 Å². The van der Waals surface area contributed by atoms with Gasteiger partial charge in [0, 0.05) is 0 Å². The second-order valence-corrected chi connectivity index (χ2v) is 3.38. The molecule has 0 aliphatic rings. The number of esters is 2. The SMILES string of the molecule is COC(=O)C(C(=O)OC)S(=O)(=O)[O-].[Na+]. The van der Waals surface area contributed by atoms with Gasteiger partial charge in [0.05, 0.1) is 14.2 Å². The average molecular weight is 234 g/mol. The van der Waals surface area contributed by atoms with E-state index in [0.717, 1.165) is 14.2 Å². The Labute approximate surface area is 103 Å². The molecule has 14 heavy (non-hydrogen) atoms. The van der Waals surface area contributed by atoms with Crippen LogP contribution in [0.25, 0.3) is 0 Å². The first-order valence-corrected chi connectivity index (χ1v) is 4.42. The quantitative estimate of drug-likeness (QED) is 0.209. The molecule has 0 saturated carbocycles. The smallest absolute Gasteiger partial charge is 0.747 e. The standard InChI is InChI=1S/C5H8O7S.Na/c1-11-4(6)3(5(7)12-2)13(8,9)10;/h3H,1-2H3,(H,8,9,10);/q;+1/p-1. The van der Waals surface area contributed by atoms with E-state index in [9.17, 15) is 22.6 Å². The molecule has 0 N–H and O–H groups in total. The molecule has 0 unspecified atom stereocenters. The minimum Gasteiger partial charge on any atom is -0.747 e. The van der Waals surface area contributed by atoms with Gasteiger partial charge in [-0.3, -0.25) is 9.59 Å². The fourth-order valence-electron chi connectivity index (χ4n) is 0.546. The van der Waals surface area contributed by atoms with E-state index < -0.39 is 27.3 Å². The molecule has 7 nitrogen and oxygen atoms in total. The van der Waals surface area contributed by atoms with E-state index in [0.29, 0.717) is 0 Å². The first-order valence-electron chi connectivity index (χ1n) is 2.95. The number of carbonyl (C=O) groups is 2. The van der Waals surface area contributed by atoms with Crippen molar-refractivity contribution in [2.45, 2.75) is 5.25 Å². The zero-order valence-electron chi connectivity index (χ0n) is 7.84. The molecule has 0 bridgehead atoms. The van der Waals surface area contributed by atoms with Crippen LogP contribution in [-0.2, 0) is 29.2 Å². The molecule has 0 aliphatic heterocycles. The maximum Gasteiger partial charge on any atom is 1.00 e. The van der Waals surface area contributed by atoms with Crippen molar-refractivity contribution in [1.29, 1.82) is 0 Å². The molecule has 0 radical (unpaired) electrons. The summed E-state index contributed by atoms with van der Waals surface area (Å²) in [4.78, 5) is 21.3. The minimum atomic E-state index is -5.09. The van der Waals surface area contributed by atoms with Crippen molar-refractivity contribution >= 4 is 22.1 Å². The van der Waals surface area contributed by atoms with Gasteiger partial charge in [0.15, 0.2) is 0 Å². The summed E-state index contributed by atoms with van der Waals surface area (Å²) in [5.41, 5.74) is 0. The molecule has 0 spiro atoms. The van der Waals surface area contributed by atoms with Crippen LogP contribution in [0, 0.1) is 0 Å². The van der Waals surface area contributed by atoms with Gasteiger partial charge in [-0.05, 0) is 0 Å². The van der Waals surface area contributed by atoms with E-state index >= 15 is 0 Å². The molecule has 0 saturated heterocycles. The largest absolute Gasteiger partial charge is 1.00 e. The van der Waals surface area contributed by atoms with E-state index in [1.807, 2.05) is 0 Å². The molecule has 0 rings (SSSR count). The van der Waals surface area contributed by atoms with Crippen LogP contribution in [0.3, 0.4) is 0 Å². The molecule has 76 valence electrons. The van der Waals surface area contributed by atoms with Gasteiger partial charge in [0.2, 0.25) is 5.25 Å². The molecule has 0 amide bonds. The predicted octanol–water partition coefficient (Wildman–Crippen LogP) is -4.75. The van der Waals surface area contributed by atoms with Gasteiger partial charge in [0.1, 0.15) is 10.1 Å². The topological polar surface area (TPSA) is 110 Å². The average Bonchev–Trinajstić information content (AvgIpc) is 2.01. The van der Waals surface area contributed by atoms with Gasteiger partial charge < -0.3 is 14.0 Å². The van der Waals surface area contributed by atoms with Crippen LogP contribution in [0.4, 0.5) is 0 Å². The molecule has 0 aromatic rings. The van der Waals surface area contributed by atoms with Crippen molar-refractivity contribution in [3.8, 4) is 0 Å². The molecular formula is C5H7NaO7S. The third-order valence-electron chi connectivity index (χ3n) is 1.12. The van der Waals surface area contributed by atoms with Crippen molar-refractivity contribution in [2.75, 3.05) is 14.2 Å². The van der Waals surface area contributed by atoms with E-state index in [4.69, 9.17) is 0 Å². The van der Waals surface area contributed by atoms with Crippen LogP contribution in [-0.4, -0.2) is 44.4 Å². The minimum absolute atomic E-state index is 0. The number of hydrogen-bond acceptors (Lipinski definition) is 7. The van der Waals surface area contributed by atoms with Gasteiger partial charge >= 0.3 is 41.5 Å². The monoisotopic (exact) mass is 234 g/mol. The van der Waals surface area contributed by atoms with Gasteiger partial charge in [-0.25, -0.2) is 8.42 Å². The summed E-state index contributed by atoms with van der Waals surface area (Å²) < 4.78 is 39.0. The summed E-state index contributed by atoms with van der Waals surface area (Å²) in [6, 6.07) is 0. The molecule has 0 aromatic heterocycles. The molecule has 0 heterocycles. The summed E-state index contributed by atoms with van der Waals surface area (Å²) in [5, 5.41) is -2.44. The second kappa shape index (κ2) is 6.36. The van der Waals surface area contributed by atoms with E-state index in [-0.39, 0.29) is 29.6 Å². The number of methoxy groups -OCH3 is 2. The van der Waals surface area contributed by atoms with Crippen LogP contribution >= 0.6 is 0 Å². The summed E-state index contributed by atoms with van der Waals surface area (Å²) in [5.74, 6) is -2.91. The third kappa shape index (κ3) is 4.38. The van der Waals surface area contributed by atoms with Crippen LogP contribution in [0.5, 0.6) is 0 Å². The normalized spacial score (nSPS) is 10.3. The van der Waals surface area contributed by atoms with Crippen LogP contribution < -0.4 is 29.6 Å². The van der Waals surface area contributed by atoms with Gasteiger partial charge in [0.25, 0.3) is 0 Å². The summed E-state index contributed by atoms with van der Waals surface area (Å²) in [7, 11) is -3.39. The van der Waals surface area contributed by atoms with E-state index in [1.165, 1.54) is 0 Å². The summed E-state index contributed by atoms with van der Waals surface area (Å²) in [6.45, 7) is 0. The first-order chi connectivity index (χ1) is 5.84. The Hall–Kier alpha value is -0.150. The van der Waals surface area contributed by atoms with Crippen LogP contribution in [0.2, 0.25) is 0 Å². The molecule has 0 aliphatic carbocycles. The number of hydrogen-bond donors (Lipinski definition) is 0. The van der Waals surface area contributed by atoms with Crippen molar-refractivity contribution in [3.05, 3.63) is 0 Å². The molecule has 9 heteroatoms. The molecule has 0 aromatic carbocycles. The molecule has 0 fully saturated rings. The summed E-state index contributed by atoms with van der Waals surface area (Å²) in [6.07, 6.45) is 0. The second-order valence-electron chi connectivity index (χ2n) is 1.92. The maximum absolute atomic E-state index is 10.7. The first kappa shape index (κ1) is 16.3. The maximum atomic E-state index is 10.7. The zero-order chi connectivity index (χ0) is 10.6.